The highest BCUT2D eigenvalue weighted by Gasteiger charge is 2.38. The van der Waals surface area contributed by atoms with E-state index in [1.54, 1.807) is 33.4 Å². The van der Waals surface area contributed by atoms with Crippen molar-refractivity contribution in [1.82, 2.24) is 4.98 Å². The average Bonchev–Trinajstić information content (AvgIpc) is 3.68. The highest BCUT2D eigenvalue weighted by molar-refractivity contribution is 5.71. The van der Waals surface area contributed by atoms with Crippen LogP contribution >= 0.6 is 0 Å². The SMILES string of the molecule is COc1cc(-c2ccc(CCc3cc(C(C4CC4)[C@H](C)C(=O)O)ccc3OC)c(F)c2)ccn1. The van der Waals surface area contributed by atoms with Crippen LogP contribution in [0, 0.1) is 17.7 Å². The Morgan fingerprint density at radius 1 is 1.03 bits per heavy atom. The lowest BCUT2D eigenvalue weighted by atomic mass is 9.82. The molecule has 178 valence electrons. The Balaban J connectivity index is 1.54. The molecule has 1 heterocycles. The third-order valence-electron chi connectivity index (χ3n) is 6.74. The minimum absolute atomic E-state index is 0.0180. The fraction of sp³-hybridized carbons (Fsp3) is 0.357. The molecule has 34 heavy (non-hydrogen) atoms. The van der Waals surface area contributed by atoms with Crippen LogP contribution in [0.3, 0.4) is 0 Å². The molecule has 0 amide bonds. The molecule has 1 saturated carbocycles. The topological polar surface area (TPSA) is 68.7 Å². The molecule has 1 aromatic heterocycles. The smallest absolute Gasteiger partial charge is 0.306 e. The number of halogens is 1. The zero-order valence-electron chi connectivity index (χ0n) is 19.8. The van der Waals surface area contributed by atoms with E-state index in [1.165, 1.54) is 6.07 Å². The number of aryl methyl sites for hydroxylation is 2. The molecule has 0 saturated heterocycles. The van der Waals surface area contributed by atoms with Gasteiger partial charge in [0.2, 0.25) is 5.88 Å². The maximum Gasteiger partial charge on any atom is 0.306 e. The first-order valence-electron chi connectivity index (χ1n) is 11.6. The van der Waals surface area contributed by atoms with Crippen molar-refractivity contribution in [3.05, 3.63) is 77.2 Å². The molecule has 0 radical (unpaired) electrons. The average molecular weight is 464 g/mol. The van der Waals surface area contributed by atoms with E-state index in [0.29, 0.717) is 30.2 Å². The Labute approximate surface area is 199 Å². The maximum atomic E-state index is 15.0. The van der Waals surface area contributed by atoms with Crippen LogP contribution in [0.5, 0.6) is 11.6 Å². The zero-order chi connectivity index (χ0) is 24.2. The molecule has 2 aromatic carbocycles. The molecule has 0 bridgehead atoms. The molecular formula is C28H30FNO4. The van der Waals surface area contributed by atoms with Gasteiger partial charge in [-0.05, 0) is 83.5 Å². The molecule has 6 heteroatoms. The Morgan fingerprint density at radius 2 is 1.76 bits per heavy atom. The number of aromatic nitrogens is 1. The van der Waals surface area contributed by atoms with E-state index in [0.717, 1.165) is 40.8 Å². The predicted octanol–water partition coefficient (Wildman–Crippen LogP) is 5.90. The van der Waals surface area contributed by atoms with Gasteiger partial charge >= 0.3 is 5.97 Å². The van der Waals surface area contributed by atoms with Gasteiger partial charge in [0, 0.05) is 12.3 Å². The number of pyridine rings is 1. The third kappa shape index (κ3) is 5.22. The summed E-state index contributed by atoms with van der Waals surface area (Å²) in [6.45, 7) is 1.78. The van der Waals surface area contributed by atoms with Gasteiger partial charge in [-0.2, -0.15) is 0 Å². The molecule has 4 rings (SSSR count). The van der Waals surface area contributed by atoms with Crippen molar-refractivity contribution in [3.63, 3.8) is 0 Å². The van der Waals surface area contributed by atoms with Gasteiger partial charge in [-0.25, -0.2) is 9.37 Å². The van der Waals surface area contributed by atoms with Crippen LogP contribution in [0.15, 0.2) is 54.7 Å². The lowest BCUT2D eigenvalue weighted by Crippen LogP contribution is -2.20. The summed E-state index contributed by atoms with van der Waals surface area (Å²) >= 11 is 0. The van der Waals surface area contributed by atoms with Crippen molar-refractivity contribution in [2.24, 2.45) is 11.8 Å². The maximum absolute atomic E-state index is 15.0. The summed E-state index contributed by atoms with van der Waals surface area (Å²) in [5, 5.41) is 9.60. The zero-order valence-corrected chi connectivity index (χ0v) is 19.8. The number of rotatable bonds is 10. The molecule has 0 aliphatic heterocycles. The molecule has 1 fully saturated rings. The molecule has 1 N–H and O–H groups in total. The summed E-state index contributed by atoms with van der Waals surface area (Å²) in [7, 11) is 3.17. The lowest BCUT2D eigenvalue weighted by Gasteiger charge is -2.22. The fourth-order valence-corrected chi connectivity index (χ4v) is 4.68. The van der Waals surface area contributed by atoms with Gasteiger partial charge in [-0.1, -0.05) is 31.2 Å². The largest absolute Gasteiger partial charge is 0.496 e. The second-order valence-electron chi connectivity index (χ2n) is 8.95. The first kappa shape index (κ1) is 23.7. The first-order chi connectivity index (χ1) is 16.4. The van der Waals surface area contributed by atoms with E-state index in [9.17, 15) is 14.3 Å². The number of hydrogen-bond acceptors (Lipinski definition) is 4. The quantitative estimate of drug-likeness (QED) is 0.405. The number of methoxy groups -OCH3 is 2. The van der Waals surface area contributed by atoms with Crippen LogP contribution < -0.4 is 9.47 Å². The molecule has 1 unspecified atom stereocenters. The summed E-state index contributed by atoms with van der Waals surface area (Å²) in [6.07, 6.45) is 4.86. The van der Waals surface area contributed by atoms with Crippen LogP contribution in [0.4, 0.5) is 4.39 Å². The Hall–Kier alpha value is -3.41. The Morgan fingerprint density at radius 3 is 2.41 bits per heavy atom. The first-order valence-corrected chi connectivity index (χ1v) is 11.6. The number of carboxylic acid groups (broad SMARTS) is 1. The Bertz CT molecular complexity index is 1170. The second-order valence-corrected chi connectivity index (χ2v) is 8.95. The predicted molar refractivity (Wildman–Crippen MR) is 129 cm³/mol. The summed E-state index contributed by atoms with van der Waals surface area (Å²) in [4.78, 5) is 15.8. The number of aliphatic carboxylic acids is 1. The van der Waals surface area contributed by atoms with Gasteiger partial charge < -0.3 is 14.6 Å². The summed E-state index contributed by atoms with van der Waals surface area (Å²) < 4.78 is 25.7. The molecule has 5 nitrogen and oxygen atoms in total. The van der Waals surface area contributed by atoms with Crippen LogP contribution in [0.25, 0.3) is 11.1 Å². The fourth-order valence-electron chi connectivity index (χ4n) is 4.68. The van der Waals surface area contributed by atoms with E-state index in [4.69, 9.17) is 9.47 Å². The van der Waals surface area contributed by atoms with E-state index < -0.39 is 11.9 Å². The van der Waals surface area contributed by atoms with Gasteiger partial charge in [0.25, 0.3) is 0 Å². The van der Waals surface area contributed by atoms with Crippen LogP contribution in [0.1, 0.15) is 42.4 Å². The number of benzene rings is 2. The van der Waals surface area contributed by atoms with Crippen molar-refractivity contribution in [1.29, 1.82) is 0 Å². The molecule has 1 aliphatic carbocycles. The molecule has 1 aliphatic rings. The lowest BCUT2D eigenvalue weighted by molar-refractivity contribution is -0.142. The summed E-state index contributed by atoms with van der Waals surface area (Å²) in [5.41, 5.74) is 4.21. The van der Waals surface area contributed by atoms with Crippen LogP contribution in [-0.4, -0.2) is 30.3 Å². The van der Waals surface area contributed by atoms with Crippen LogP contribution in [0.2, 0.25) is 0 Å². The van der Waals surface area contributed by atoms with Gasteiger partial charge in [0.05, 0.1) is 20.1 Å². The second kappa shape index (κ2) is 10.2. The molecular weight excluding hydrogens is 433 g/mol. The standard InChI is InChI=1S/C28H30FNO4/c1-17(28(31)32)27(19-6-7-19)23-10-11-25(33-2)22(14-23)9-5-18-4-8-20(15-24(18)29)21-12-13-30-26(16-21)34-3/h4,8,10-17,19,27H,5-7,9H2,1-3H3,(H,31,32)/t17-,27?/m0/s1. The third-order valence-corrected chi connectivity index (χ3v) is 6.74. The van der Waals surface area contributed by atoms with E-state index in [-0.39, 0.29) is 11.7 Å². The van der Waals surface area contributed by atoms with Crippen molar-refractivity contribution < 1.29 is 23.8 Å². The normalized spacial score (nSPS) is 14.9. The van der Waals surface area contributed by atoms with E-state index >= 15 is 0 Å². The van der Waals surface area contributed by atoms with Gasteiger partial charge in [0.1, 0.15) is 11.6 Å². The molecule has 2 atom stereocenters. The van der Waals surface area contributed by atoms with Crippen molar-refractivity contribution in [3.8, 4) is 22.8 Å². The highest BCUT2D eigenvalue weighted by Crippen LogP contribution is 2.47. The van der Waals surface area contributed by atoms with Crippen molar-refractivity contribution in [2.45, 2.75) is 38.5 Å². The van der Waals surface area contributed by atoms with Crippen molar-refractivity contribution >= 4 is 5.97 Å². The number of carbonyl (C=O) groups is 1. The highest BCUT2D eigenvalue weighted by atomic mass is 19.1. The minimum Gasteiger partial charge on any atom is -0.496 e. The van der Waals surface area contributed by atoms with Crippen LogP contribution in [-0.2, 0) is 17.6 Å². The number of ether oxygens (including phenoxy) is 2. The van der Waals surface area contributed by atoms with E-state index in [2.05, 4.69) is 11.1 Å². The number of nitrogens with zero attached hydrogens (tertiary/aromatic N) is 1. The van der Waals surface area contributed by atoms with Gasteiger partial charge in [-0.15, -0.1) is 0 Å². The van der Waals surface area contributed by atoms with Gasteiger partial charge in [0.15, 0.2) is 0 Å². The Kier molecular flexibility index (Phi) is 7.15. The number of carboxylic acids is 1. The number of hydrogen-bond donors (Lipinski definition) is 1. The monoisotopic (exact) mass is 463 g/mol. The molecule has 3 aromatic rings. The minimum atomic E-state index is -0.775. The van der Waals surface area contributed by atoms with Crippen molar-refractivity contribution in [2.75, 3.05) is 14.2 Å². The van der Waals surface area contributed by atoms with Gasteiger partial charge in [-0.3, -0.25) is 4.79 Å². The van der Waals surface area contributed by atoms with E-state index in [1.807, 2.05) is 30.3 Å². The summed E-state index contributed by atoms with van der Waals surface area (Å²) in [5.74, 6) is 0.116. The molecule has 0 spiro atoms. The summed E-state index contributed by atoms with van der Waals surface area (Å²) in [6, 6.07) is 14.8.